The van der Waals surface area contributed by atoms with Crippen molar-refractivity contribution in [2.24, 2.45) is 0 Å². The van der Waals surface area contributed by atoms with Gasteiger partial charge in [-0.05, 0) is 54.0 Å². The number of rotatable bonds is 10. The highest BCUT2D eigenvalue weighted by Crippen LogP contribution is 2.22. The van der Waals surface area contributed by atoms with Crippen LogP contribution in [0.15, 0.2) is 36.4 Å². The Morgan fingerprint density at radius 3 is 2.39 bits per heavy atom. The molecule has 0 aliphatic carbocycles. The average Bonchev–Trinajstić information content (AvgIpc) is 2.68. The quantitative estimate of drug-likeness (QED) is 0.373. The standard InChI is InChI=1S/C21H24F3N3O3S/c1-3-4-9-25-19-12-16(22)7-5-15(19)6-8-20(28)26-13-14-10-17(23)21(18(24)11-14)27-31(2,29)30/h5-8,10-12,25,27H,3-4,9,13H2,1-2H3,(H,26,28)/b8-6+. The smallest absolute Gasteiger partial charge is 0.244 e. The number of hydrogen-bond donors (Lipinski definition) is 3. The van der Waals surface area contributed by atoms with E-state index in [0.717, 1.165) is 31.2 Å². The van der Waals surface area contributed by atoms with Crippen LogP contribution >= 0.6 is 0 Å². The molecule has 168 valence electrons. The molecule has 0 bridgehead atoms. The van der Waals surface area contributed by atoms with Gasteiger partial charge < -0.3 is 10.6 Å². The van der Waals surface area contributed by atoms with Crippen molar-refractivity contribution in [3.8, 4) is 0 Å². The van der Waals surface area contributed by atoms with Gasteiger partial charge in [-0.2, -0.15) is 0 Å². The molecular weight excluding hydrogens is 431 g/mol. The average molecular weight is 456 g/mol. The first kappa shape index (κ1) is 24.3. The van der Waals surface area contributed by atoms with Crippen molar-refractivity contribution in [2.75, 3.05) is 22.8 Å². The number of carbonyl (C=O) groups excluding carboxylic acids is 1. The van der Waals surface area contributed by atoms with E-state index in [0.29, 0.717) is 17.8 Å². The van der Waals surface area contributed by atoms with E-state index in [1.807, 2.05) is 6.92 Å². The number of nitrogens with one attached hydrogen (secondary N) is 3. The molecule has 2 aromatic carbocycles. The molecular formula is C21H24F3N3O3S. The van der Waals surface area contributed by atoms with E-state index in [1.54, 1.807) is 4.72 Å². The fourth-order valence-electron chi connectivity index (χ4n) is 2.65. The molecule has 6 nitrogen and oxygen atoms in total. The van der Waals surface area contributed by atoms with Crippen molar-refractivity contribution in [2.45, 2.75) is 26.3 Å². The highest BCUT2D eigenvalue weighted by molar-refractivity contribution is 7.92. The normalized spacial score (nSPS) is 11.5. The highest BCUT2D eigenvalue weighted by atomic mass is 32.2. The van der Waals surface area contributed by atoms with E-state index in [-0.39, 0.29) is 12.1 Å². The van der Waals surface area contributed by atoms with Gasteiger partial charge in [-0.3, -0.25) is 9.52 Å². The lowest BCUT2D eigenvalue weighted by atomic mass is 10.1. The van der Waals surface area contributed by atoms with Crippen LogP contribution in [-0.2, 0) is 21.4 Å². The van der Waals surface area contributed by atoms with Gasteiger partial charge in [-0.25, -0.2) is 21.6 Å². The molecule has 0 atom stereocenters. The molecule has 0 aliphatic heterocycles. The number of sulfonamides is 1. The Labute approximate surface area is 179 Å². The minimum atomic E-state index is -3.85. The van der Waals surface area contributed by atoms with Gasteiger partial charge in [0.2, 0.25) is 15.9 Å². The summed E-state index contributed by atoms with van der Waals surface area (Å²) in [6.07, 6.45) is 5.39. The van der Waals surface area contributed by atoms with Crippen molar-refractivity contribution in [1.29, 1.82) is 0 Å². The lowest BCUT2D eigenvalue weighted by molar-refractivity contribution is -0.116. The largest absolute Gasteiger partial charge is 0.384 e. The zero-order valence-electron chi connectivity index (χ0n) is 17.1. The van der Waals surface area contributed by atoms with Crippen LogP contribution in [0.2, 0.25) is 0 Å². The zero-order valence-corrected chi connectivity index (χ0v) is 18.0. The summed E-state index contributed by atoms with van der Waals surface area (Å²) in [5, 5.41) is 5.60. The summed E-state index contributed by atoms with van der Waals surface area (Å²) in [6, 6.07) is 6.00. The summed E-state index contributed by atoms with van der Waals surface area (Å²) in [5.41, 5.74) is 0.493. The minimum absolute atomic E-state index is 0.111. The second kappa shape index (κ2) is 10.9. The summed E-state index contributed by atoms with van der Waals surface area (Å²) in [5.74, 6) is -3.12. The Kier molecular flexibility index (Phi) is 8.49. The molecule has 0 aromatic heterocycles. The Hall–Kier alpha value is -3.01. The number of hydrogen-bond acceptors (Lipinski definition) is 4. The van der Waals surface area contributed by atoms with Crippen LogP contribution in [0.4, 0.5) is 24.5 Å². The summed E-state index contributed by atoms with van der Waals surface area (Å²) in [4.78, 5) is 12.1. The monoisotopic (exact) mass is 455 g/mol. The number of benzene rings is 2. The molecule has 0 fully saturated rings. The van der Waals surface area contributed by atoms with Crippen LogP contribution in [0.25, 0.3) is 6.08 Å². The first-order valence-electron chi connectivity index (χ1n) is 9.54. The third-order valence-corrected chi connectivity index (χ3v) is 4.71. The summed E-state index contributed by atoms with van der Waals surface area (Å²) in [7, 11) is -3.85. The first-order valence-corrected chi connectivity index (χ1v) is 11.4. The minimum Gasteiger partial charge on any atom is -0.384 e. The van der Waals surface area contributed by atoms with Crippen LogP contribution in [0.5, 0.6) is 0 Å². The number of halogens is 3. The number of carbonyl (C=O) groups is 1. The third kappa shape index (κ3) is 7.97. The first-order chi connectivity index (χ1) is 14.6. The van der Waals surface area contributed by atoms with Gasteiger partial charge in [-0.15, -0.1) is 0 Å². The molecule has 2 rings (SSSR count). The topological polar surface area (TPSA) is 87.3 Å². The second-order valence-corrected chi connectivity index (χ2v) is 8.62. The number of anilines is 2. The van der Waals surface area contributed by atoms with Gasteiger partial charge in [0.05, 0.1) is 6.26 Å². The van der Waals surface area contributed by atoms with E-state index in [2.05, 4.69) is 10.6 Å². The van der Waals surface area contributed by atoms with Gasteiger partial charge in [0.25, 0.3) is 0 Å². The summed E-state index contributed by atoms with van der Waals surface area (Å²) in [6.45, 7) is 2.52. The van der Waals surface area contributed by atoms with E-state index in [4.69, 9.17) is 0 Å². The van der Waals surface area contributed by atoms with Crippen LogP contribution in [0.1, 0.15) is 30.9 Å². The molecule has 31 heavy (non-hydrogen) atoms. The van der Waals surface area contributed by atoms with Crippen LogP contribution < -0.4 is 15.4 Å². The van der Waals surface area contributed by atoms with Crippen molar-refractivity contribution in [3.63, 3.8) is 0 Å². The molecule has 0 saturated carbocycles. The maximum atomic E-state index is 14.0. The molecule has 0 unspecified atom stereocenters. The maximum absolute atomic E-state index is 14.0. The number of amides is 1. The van der Waals surface area contributed by atoms with Gasteiger partial charge in [0.1, 0.15) is 11.5 Å². The summed E-state index contributed by atoms with van der Waals surface area (Å²) < 4.78 is 65.6. The fourth-order valence-corrected chi connectivity index (χ4v) is 3.22. The van der Waals surface area contributed by atoms with Gasteiger partial charge in [0, 0.05) is 24.9 Å². The van der Waals surface area contributed by atoms with Crippen LogP contribution in [0.3, 0.4) is 0 Å². The van der Waals surface area contributed by atoms with E-state index in [9.17, 15) is 26.4 Å². The molecule has 3 N–H and O–H groups in total. The lowest BCUT2D eigenvalue weighted by Gasteiger charge is -2.10. The molecule has 10 heteroatoms. The zero-order chi connectivity index (χ0) is 23.0. The Balaban J connectivity index is 2.03. The molecule has 0 heterocycles. The maximum Gasteiger partial charge on any atom is 0.244 e. The van der Waals surface area contributed by atoms with E-state index < -0.39 is 39.1 Å². The molecule has 2 aromatic rings. The van der Waals surface area contributed by atoms with Crippen molar-refractivity contribution >= 4 is 33.4 Å². The predicted molar refractivity (Wildman–Crippen MR) is 116 cm³/mol. The Morgan fingerprint density at radius 1 is 1.10 bits per heavy atom. The highest BCUT2D eigenvalue weighted by Gasteiger charge is 2.15. The van der Waals surface area contributed by atoms with Gasteiger partial charge in [-0.1, -0.05) is 13.3 Å². The number of unbranched alkanes of at least 4 members (excludes halogenated alkanes) is 1. The molecule has 0 saturated heterocycles. The van der Waals surface area contributed by atoms with E-state index in [1.165, 1.54) is 30.4 Å². The van der Waals surface area contributed by atoms with Gasteiger partial charge in [0.15, 0.2) is 11.6 Å². The third-order valence-electron chi connectivity index (χ3n) is 4.13. The molecule has 1 amide bonds. The van der Waals surface area contributed by atoms with Crippen LogP contribution in [-0.4, -0.2) is 27.1 Å². The molecule has 0 radical (unpaired) electrons. The van der Waals surface area contributed by atoms with Crippen molar-refractivity contribution < 1.29 is 26.4 Å². The van der Waals surface area contributed by atoms with Gasteiger partial charge >= 0.3 is 0 Å². The van der Waals surface area contributed by atoms with Crippen molar-refractivity contribution in [3.05, 3.63) is 65.0 Å². The Bertz CT molecular complexity index is 1050. The van der Waals surface area contributed by atoms with E-state index >= 15 is 0 Å². The van der Waals surface area contributed by atoms with Crippen LogP contribution in [0, 0.1) is 17.5 Å². The Morgan fingerprint density at radius 2 is 1.77 bits per heavy atom. The van der Waals surface area contributed by atoms with Crippen molar-refractivity contribution in [1.82, 2.24) is 5.32 Å². The summed E-state index contributed by atoms with van der Waals surface area (Å²) >= 11 is 0. The SMILES string of the molecule is CCCCNc1cc(F)ccc1/C=C/C(=O)NCc1cc(F)c(NS(C)(=O)=O)c(F)c1. The fraction of sp³-hybridized carbons (Fsp3) is 0.286. The second-order valence-electron chi connectivity index (χ2n) is 6.87. The molecule has 0 aliphatic rings. The lowest BCUT2D eigenvalue weighted by Crippen LogP contribution is -2.21. The molecule has 0 spiro atoms. The predicted octanol–water partition coefficient (Wildman–Crippen LogP) is 4.02.